The van der Waals surface area contributed by atoms with Crippen molar-refractivity contribution in [3.8, 4) is 0 Å². The van der Waals surface area contributed by atoms with Gasteiger partial charge in [0.25, 0.3) is 6.47 Å². The Morgan fingerprint density at radius 2 is 1.63 bits per heavy atom. The molecule has 0 aromatic heterocycles. The highest BCUT2D eigenvalue weighted by atomic mass is 35.6. The Balaban J connectivity index is 3.32. The Bertz CT molecular complexity index is 439. The summed E-state index contributed by atoms with van der Waals surface area (Å²) in [6, 6.07) is 4.63. The molecule has 1 aromatic rings. The first kappa shape index (κ1) is 17.5. The summed E-state index contributed by atoms with van der Waals surface area (Å²) in [5.41, 5.74) is -0.859. The molecular formula is C11H8Cl6O2. The Morgan fingerprint density at radius 3 is 2.00 bits per heavy atom. The first-order valence-corrected chi connectivity index (χ1v) is 7.35. The molecule has 1 atom stereocenters. The van der Waals surface area contributed by atoms with Crippen molar-refractivity contribution in [3.05, 3.63) is 33.8 Å². The molecule has 1 rings (SSSR count). The summed E-state index contributed by atoms with van der Waals surface area (Å²) in [4.78, 5) is 10.7. The summed E-state index contributed by atoms with van der Waals surface area (Å²) in [6.45, 7) is 0.244. The van der Waals surface area contributed by atoms with Crippen LogP contribution < -0.4 is 0 Å². The van der Waals surface area contributed by atoms with Crippen molar-refractivity contribution >= 4 is 76.1 Å². The molecule has 0 bridgehead atoms. The third-order valence-electron chi connectivity index (χ3n) is 2.36. The van der Waals surface area contributed by atoms with Crippen molar-refractivity contribution in [2.75, 3.05) is 5.88 Å². The van der Waals surface area contributed by atoms with Crippen LogP contribution in [0.4, 0.5) is 0 Å². The van der Waals surface area contributed by atoms with Crippen LogP contribution in [0.25, 0.3) is 0 Å². The van der Waals surface area contributed by atoms with E-state index in [1.807, 2.05) is 0 Å². The number of rotatable bonds is 5. The van der Waals surface area contributed by atoms with E-state index in [0.29, 0.717) is 15.6 Å². The highest BCUT2D eigenvalue weighted by Crippen LogP contribution is 2.43. The molecule has 0 aliphatic carbocycles. The van der Waals surface area contributed by atoms with Gasteiger partial charge in [-0.25, -0.2) is 0 Å². The van der Waals surface area contributed by atoms with Crippen LogP contribution in [0.1, 0.15) is 12.0 Å². The van der Waals surface area contributed by atoms with E-state index in [-0.39, 0.29) is 18.8 Å². The van der Waals surface area contributed by atoms with E-state index in [1.165, 1.54) is 6.07 Å². The van der Waals surface area contributed by atoms with Gasteiger partial charge in [-0.3, -0.25) is 4.79 Å². The Hall–Kier alpha value is 0.430. The number of halogens is 6. The Labute approximate surface area is 140 Å². The first-order chi connectivity index (χ1) is 8.72. The normalized spacial score (nSPS) is 14.8. The summed E-state index contributed by atoms with van der Waals surface area (Å²) >= 11 is 35.0. The summed E-state index contributed by atoms with van der Waals surface area (Å²) in [6.07, 6.45) is -0.135. The smallest absolute Gasteiger partial charge is 0.294 e. The second kappa shape index (κ2) is 6.93. The Morgan fingerprint density at radius 1 is 1.11 bits per heavy atom. The van der Waals surface area contributed by atoms with Gasteiger partial charge in [0, 0.05) is 16.5 Å². The number of hydrogen-bond acceptors (Lipinski definition) is 2. The van der Waals surface area contributed by atoms with Gasteiger partial charge in [-0.1, -0.05) is 58.0 Å². The summed E-state index contributed by atoms with van der Waals surface area (Å²) in [5, 5.41) is 0.714. The molecule has 0 fully saturated rings. The van der Waals surface area contributed by atoms with Crippen LogP contribution in [0, 0.1) is 0 Å². The number of benzene rings is 1. The minimum atomic E-state index is -1.66. The number of hydrogen-bond donors (Lipinski definition) is 0. The summed E-state index contributed by atoms with van der Waals surface area (Å²) < 4.78 is 3.41. The molecule has 0 saturated carbocycles. The monoisotopic (exact) mass is 382 g/mol. The molecule has 0 saturated heterocycles. The standard InChI is InChI=1S/C11H8Cl6O2/c12-5-10(19-6-18,4-11(15,16)17)7-1-8(13)3-9(14)2-7/h1-3,6H,4-5H2. The van der Waals surface area contributed by atoms with E-state index in [2.05, 4.69) is 0 Å². The van der Waals surface area contributed by atoms with Crippen LogP contribution in [-0.4, -0.2) is 16.1 Å². The maximum absolute atomic E-state index is 10.7. The van der Waals surface area contributed by atoms with Gasteiger partial charge in [0.1, 0.15) is 0 Å². The molecule has 0 N–H and O–H groups in total. The predicted octanol–water partition coefficient (Wildman–Crippen LogP) is 5.36. The van der Waals surface area contributed by atoms with E-state index < -0.39 is 9.39 Å². The van der Waals surface area contributed by atoms with E-state index in [9.17, 15) is 4.79 Å². The SMILES string of the molecule is O=COC(CCl)(CC(Cl)(Cl)Cl)c1cc(Cl)cc(Cl)c1. The predicted molar refractivity (Wildman–Crippen MR) is 80.9 cm³/mol. The molecule has 0 aliphatic rings. The molecule has 106 valence electrons. The molecule has 0 heterocycles. The fourth-order valence-electron chi connectivity index (χ4n) is 1.60. The van der Waals surface area contributed by atoms with Crippen LogP contribution in [0.5, 0.6) is 0 Å². The third kappa shape index (κ3) is 5.04. The molecule has 8 heteroatoms. The number of ether oxygens (including phenoxy) is 1. The van der Waals surface area contributed by atoms with Gasteiger partial charge in [-0.2, -0.15) is 0 Å². The van der Waals surface area contributed by atoms with Gasteiger partial charge in [0.15, 0.2) is 9.39 Å². The van der Waals surface area contributed by atoms with Crippen LogP contribution in [0.15, 0.2) is 18.2 Å². The van der Waals surface area contributed by atoms with Gasteiger partial charge < -0.3 is 4.74 Å². The number of carbonyl (C=O) groups excluding carboxylic acids is 1. The van der Waals surface area contributed by atoms with E-state index in [0.717, 1.165) is 0 Å². The zero-order valence-electron chi connectivity index (χ0n) is 9.31. The second-order valence-corrected chi connectivity index (χ2v) is 7.45. The Kier molecular flexibility index (Phi) is 6.37. The van der Waals surface area contributed by atoms with Crippen molar-refractivity contribution in [1.29, 1.82) is 0 Å². The fraction of sp³-hybridized carbons (Fsp3) is 0.364. The average molecular weight is 385 g/mol. The lowest BCUT2D eigenvalue weighted by atomic mass is 9.92. The molecule has 0 amide bonds. The van der Waals surface area contributed by atoms with Gasteiger partial charge in [0.05, 0.1) is 5.88 Å². The quantitative estimate of drug-likeness (QED) is 0.504. The zero-order chi connectivity index (χ0) is 14.7. The largest absolute Gasteiger partial charge is 0.455 e. The lowest BCUT2D eigenvalue weighted by molar-refractivity contribution is -0.143. The second-order valence-electron chi connectivity index (χ2n) is 3.79. The molecule has 0 radical (unpaired) electrons. The first-order valence-electron chi connectivity index (χ1n) is 4.93. The molecular weight excluding hydrogens is 377 g/mol. The molecule has 0 spiro atoms. The van der Waals surface area contributed by atoms with Crippen LogP contribution >= 0.6 is 69.6 Å². The number of carbonyl (C=O) groups is 1. The minimum absolute atomic E-state index is 0.115. The highest BCUT2D eigenvalue weighted by molar-refractivity contribution is 6.67. The molecule has 1 unspecified atom stereocenters. The maximum Gasteiger partial charge on any atom is 0.294 e. The van der Waals surface area contributed by atoms with Gasteiger partial charge in [-0.15, -0.1) is 11.6 Å². The van der Waals surface area contributed by atoms with E-state index in [4.69, 9.17) is 74.3 Å². The molecule has 19 heavy (non-hydrogen) atoms. The van der Waals surface area contributed by atoms with E-state index >= 15 is 0 Å². The average Bonchev–Trinajstić information content (AvgIpc) is 2.25. The van der Waals surface area contributed by atoms with E-state index in [1.54, 1.807) is 12.1 Å². The van der Waals surface area contributed by atoms with Crippen molar-refractivity contribution in [1.82, 2.24) is 0 Å². The van der Waals surface area contributed by atoms with Crippen LogP contribution in [0.3, 0.4) is 0 Å². The lowest BCUT2D eigenvalue weighted by Gasteiger charge is -2.33. The molecule has 1 aromatic carbocycles. The van der Waals surface area contributed by atoms with Gasteiger partial charge >= 0.3 is 0 Å². The molecule has 2 nitrogen and oxygen atoms in total. The summed E-state index contributed by atoms with van der Waals surface area (Å²) in [5.74, 6) is -0.115. The maximum atomic E-state index is 10.7. The number of alkyl halides is 4. The highest BCUT2D eigenvalue weighted by Gasteiger charge is 2.41. The van der Waals surface area contributed by atoms with Crippen LogP contribution in [0.2, 0.25) is 10.0 Å². The lowest BCUT2D eigenvalue weighted by Crippen LogP contribution is -2.36. The minimum Gasteiger partial charge on any atom is -0.455 e. The van der Waals surface area contributed by atoms with Crippen molar-refractivity contribution in [3.63, 3.8) is 0 Å². The fourth-order valence-corrected chi connectivity index (χ4v) is 3.09. The van der Waals surface area contributed by atoms with Crippen molar-refractivity contribution < 1.29 is 9.53 Å². The van der Waals surface area contributed by atoms with Crippen LogP contribution in [-0.2, 0) is 15.1 Å². The van der Waals surface area contributed by atoms with Crippen molar-refractivity contribution in [2.24, 2.45) is 0 Å². The molecule has 0 aliphatic heterocycles. The van der Waals surface area contributed by atoms with Gasteiger partial charge in [-0.05, 0) is 23.8 Å². The van der Waals surface area contributed by atoms with Crippen molar-refractivity contribution in [2.45, 2.75) is 15.8 Å². The summed E-state index contributed by atoms with van der Waals surface area (Å²) in [7, 11) is 0. The van der Waals surface area contributed by atoms with Gasteiger partial charge in [0.2, 0.25) is 0 Å². The zero-order valence-corrected chi connectivity index (χ0v) is 13.8. The topological polar surface area (TPSA) is 26.3 Å². The third-order valence-corrected chi connectivity index (χ3v) is 3.63.